The van der Waals surface area contributed by atoms with E-state index < -0.39 is 35.9 Å². The summed E-state index contributed by atoms with van der Waals surface area (Å²) in [5, 5.41) is 0. The molecule has 112 valence electrons. The molecule has 0 N–H and O–H groups in total. The minimum absolute atomic E-state index is 0.0390. The molecular formula is C10H7F5INO3. The monoisotopic (exact) mass is 411 g/mol. The predicted octanol–water partition coefficient (Wildman–Crippen LogP) is 3.70. The van der Waals surface area contributed by atoms with Crippen molar-refractivity contribution in [1.29, 1.82) is 0 Å². The van der Waals surface area contributed by atoms with Gasteiger partial charge in [-0.25, -0.2) is 18.6 Å². The normalized spacial score (nSPS) is 11.6. The van der Waals surface area contributed by atoms with Crippen LogP contribution in [0.3, 0.4) is 0 Å². The Bertz CT molecular complexity index is 506. The molecule has 0 spiro atoms. The number of hydrogen-bond donors (Lipinski definition) is 0. The van der Waals surface area contributed by atoms with Crippen LogP contribution in [0.25, 0.3) is 0 Å². The van der Waals surface area contributed by atoms with Gasteiger partial charge in [-0.15, -0.1) is 13.2 Å². The fourth-order valence-corrected chi connectivity index (χ4v) is 1.85. The maximum atomic E-state index is 12.7. The van der Waals surface area contributed by atoms with Crippen molar-refractivity contribution in [2.24, 2.45) is 0 Å². The van der Waals surface area contributed by atoms with Crippen LogP contribution >= 0.6 is 22.6 Å². The highest BCUT2D eigenvalue weighted by molar-refractivity contribution is 14.1. The molecule has 0 aliphatic rings. The summed E-state index contributed by atoms with van der Waals surface area (Å²) >= 11 is 1.49. The fourth-order valence-electron chi connectivity index (χ4n) is 1.18. The second-order valence-corrected chi connectivity index (χ2v) is 4.44. The molecule has 0 saturated heterocycles. The smallest absolute Gasteiger partial charge is 0.461 e. The van der Waals surface area contributed by atoms with Gasteiger partial charge in [-0.05, 0) is 35.6 Å². The van der Waals surface area contributed by atoms with Gasteiger partial charge in [-0.2, -0.15) is 0 Å². The minimum Gasteiger partial charge on any atom is -0.461 e. The highest BCUT2D eigenvalue weighted by Crippen LogP contribution is 2.33. The van der Waals surface area contributed by atoms with Crippen molar-refractivity contribution in [1.82, 2.24) is 4.98 Å². The number of halogens is 6. The molecule has 0 atom stereocenters. The standard InChI is InChI=1S/C10H7F5INO3/c1-2-19-9(18)6-5(16)3-4(7(11)12)8(17-6)20-10(13,14)15/h3,7H,2H2,1H3. The van der Waals surface area contributed by atoms with Crippen LogP contribution in [0.15, 0.2) is 6.07 Å². The molecule has 0 aliphatic heterocycles. The van der Waals surface area contributed by atoms with Gasteiger partial charge < -0.3 is 9.47 Å². The summed E-state index contributed by atoms with van der Waals surface area (Å²) < 4.78 is 69.7. The number of esters is 1. The predicted molar refractivity (Wildman–Crippen MR) is 64.6 cm³/mol. The third-order valence-electron chi connectivity index (χ3n) is 1.89. The first-order chi connectivity index (χ1) is 9.15. The van der Waals surface area contributed by atoms with E-state index in [1.165, 1.54) is 29.5 Å². The molecule has 0 fully saturated rings. The van der Waals surface area contributed by atoms with Gasteiger partial charge >= 0.3 is 12.3 Å². The molecule has 1 heterocycles. The van der Waals surface area contributed by atoms with Crippen molar-refractivity contribution in [2.45, 2.75) is 19.7 Å². The fraction of sp³-hybridized carbons (Fsp3) is 0.400. The van der Waals surface area contributed by atoms with Crippen molar-refractivity contribution in [2.75, 3.05) is 6.61 Å². The molecule has 0 bridgehead atoms. The van der Waals surface area contributed by atoms with E-state index in [1.54, 1.807) is 0 Å². The maximum absolute atomic E-state index is 12.7. The lowest BCUT2D eigenvalue weighted by atomic mass is 10.2. The van der Waals surface area contributed by atoms with Crippen LogP contribution < -0.4 is 4.74 Å². The number of carbonyl (C=O) groups is 1. The van der Waals surface area contributed by atoms with Crippen molar-refractivity contribution in [3.63, 3.8) is 0 Å². The summed E-state index contributed by atoms with van der Waals surface area (Å²) in [6, 6.07) is 0.700. The summed E-state index contributed by atoms with van der Waals surface area (Å²) in [4.78, 5) is 14.6. The number of nitrogens with zero attached hydrogens (tertiary/aromatic N) is 1. The van der Waals surface area contributed by atoms with Crippen LogP contribution in [-0.2, 0) is 4.74 Å². The quantitative estimate of drug-likeness (QED) is 0.431. The second-order valence-electron chi connectivity index (χ2n) is 3.28. The third kappa shape index (κ3) is 4.42. The number of carbonyl (C=O) groups excluding carboxylic acids is 1. The van der Waals surface area contributed by atoms with Gasteiger partial charge in [0.2, 0.25) is 5.88 Å². The molecule has 0 unspecified atom stereocenters. The van der Waals surface area contributed by atoms with E-state index in [0.29, 0.717) is 6.07 Å². The van der Waals surface area contributed by atoms with Crippen LogP contribution in [0, 0.1) is 3.57 Å². The van der Waals surface area contributed by atoms with Crippen molar-refractivity contribution < 1.29 is 36.2 Å². The van der Waals surface area contributed by atoms with Gasteiger partial charge in [0, 0.05) is 3.57 Å². The van der Waals surface area contributed by atoms with Gasteiger partial charge in [0.25, 0.3) is 6.43 Å². The molecule has 10 heteroatoms. The molecule has 1 aromatic rings. The number of aromatic nitrogens is 1. The van der Waals surface area contributed by atoms with Gasteiger partial charge in [0.05, 0.1) is 12.2 Å². The first kappa shape index (κ1) is 16.9. The molecule has 0 aliphatic carbocycles. The zero-order valence-corrected chi connectivity index (χ0v) is 12.0. The Balaban J connectivity index is 3.30. The van der Waals surface area contributed by atoms with Crippen LogP contribution in [0.2, 0.25) is 0 Å². The van der Waals surface area contributed by atoms with Gasteiger partial charge in [-0.3, -0.25) is 0 Å². The largest absolute Gasteiger partial charge is 0.574 e. The molecule has 1 aromatic heterocycles. The number of alkyl halides is 5. The summed E-state index contributed by atoms with van der Waals surface area (Å²) in [5.74, 6) is -2.39. The lowest BCUT2D eigenvalue weighted by Gasteiger charge is -2.14. The lowest BCUT2D eigenvalue weighted by molar-refractivity contribution is -0.276. The third-order valence-corrected chi connectivity index (χ3v) is 2.71. The van der Waals surface area contributed by atoms with E-state index in [1.807, 2.05) is 0 Å². The first-order valence-electron chi connectivity index (χ1n) is 5.07. The van der Waals surface area contributed by atoms with E-state index in [0.717, 1.165) is 0 Å². The van der Waals surface area contributed by atoms with Gasteiger partial charge in [-0.1, -0.05) is 0 Å². The summed E-state index contributed by atoms with van der Waals surface area (Å²) in [7, 11) is 0. The van der Waals surface area contributed by atoms with Crippen molar-refractivity contribution in [3.05, 3.63) is 20.9 Å². The van der Waals surface area contributed by atoms with Crippen LogP contribution in [0.1, 0.15) is 29.4 Å². The second kappa shape index (κ2) is 6.50. The number of ether oxygens (including phenoxy) is 2. The highest BCUT2D eigenvalue weighted by atomic mass is 127. The van der Waals surface area contributed by atoms with E-state index >= 15 is 0 Å². The van der Waals surface area contributed by atoms with E-state index in [4.69, 9.17) is 0 Å². The summed E-state index contributed by atoms with van der Waals surface area (Å²) in [5.41, 5.74) is -1.57. The Morgan fingerprint density at radius 2 is 2.05 bits per heavy atom. The van der Waals surface area contributed by atoms with E-state index in [2.05, 4.69) is 14.5 Å². The molecule has 0 amide bonds. The molecule has 4 nitrogen and oxygen atoms in total. The lowest BCUT2D eigenvalue weighted by Crippen LogP contribution is -2.21. The summed E-state index contributed by atoms with van der Waals surface area (Å²) in [6.45, 7) is 1.44. The molecule has 1 rings (SSSR count). The van der Waals surface area contributed by atoms with Gasteiger partial charge in [0.1, 0.15) is 0 Å². The maximum Gasteiger partial charge on any atom is 0.574 e. The zero-order chi connectivity index (χ0) is 15.5. The SMILES string of the molecule is CCOC(=O)c1nc(OC(F)(F)F)c(C(F)F)cc1I. The molecule has 0 radical (unpaired) electrons. The van der Waals surface area contributed by atoms with Crippen LogP contribution in [0.5, 0.6) is 5.88 Å². The Morgan fingerprint density at radius 1 is 1.45 bits per heavy atom. The number of pyridine rings is 1. The number of rotatable bonds is 4. The van der Waals surface area contributed by atoms with Crippen molar-refractivity contribution >= 4 is 28.6 Å². The minimum atomic E-state index is -5.20. The van der Waals surface area contributed by atoms with Crippen LogP contribution in [-0.4, -0.2) is 23.9 Å². The average Bonchev–Trinajstić information content (AvgIpc) is 2.29. The molecular weight excluding hydrogens is 404 g/mol. The zero-order valence-electron chi connectivity index (χ0n) is 9.80. The Kier molecular flexibility index (Phi) is 5.48. The Morgan fingerprint density at radius 3 is 2.50 bits per heavy atom. The molecule has 0 aromatic carbocycles. The first-order valence-corrected chi connectivity index (χ1v) is 6.15. The van der Waals surface area contributed by atoms with Crippen molar-refractivity contribution in [3.8, 4) is 5.88 Å². The van der Waals surface area contributed by atoms with Gasteiger partial charge in [0.15, 0.2) is 5.69 Å². The molecule has 20 heavy (non-hydrogen) atoms. The van der Waals surface area contributed by atoms with E-state index in [-0.39, 0.29) is 10.2 Å². The van der Waals surface area contributed by atoms with E-state index in [9.17, 15) is 26.7 Å². The Labute approximate surface area is 123 Å². The number of hydrogen-bond acceptors (Lipinski definition) is 4. The molecule has 0 saturated carbocycles. The average molecular weight is 411 g/mol. The Hall–Kier alpha value is -1.20. The topological polar surface area (TPSA) is 48.4 Å². The highest BCUT2D eigenvalue weighted by Gasteiger charge is 2.35. The summed E-state index contributed by atoms with van der Waals surface area (Å²) in [6.07, 6.45) is -8.43. The van der Waals surface area contributed by atoms with Crippen LogP contribution in [0.4, 0.5) is 22.0 Å².